The summed E-state index contributed by atoms with van der Waals surface area (Å²) in [6, 6.07) is 29.7. The molecule has 0 aromatic heterocycles. The van der Waals surface area contributed by atoms with Gasteiger partial charge in [0.2, 0.25) is 0 Å². The molecule has 0 N–H and O–H groups in total. The van der Waals surface area contributed by atoms with Crippen LogP contribution in [-0.4, -0.2) is 85.1 Å². The van der Waals surface area contributed by atoms with Crippen molar-refractivity contribution in [2.24, 2.45) is 0 Å². The predicted molar refractivity (Wildman–Crippen MR) is 284 cm³/mol. The Hall–Kier alpha value is -0.746. The fraction of sp³-hybridized carbons (Fsp3) is 0.480. The molecule has 0 amide bonds. The van der Waals surface area contributed by atoms with Gasteiger partial charge in [0.05, 0.1) is 0 Å². The van der Waals surface area contributed by atoms with Crippen molar-refractivity contribution in [3.63, 3.8) is 0 Å². The Morgan fingerprint density at radius 1 is 0.431 bits per heavy atom. The molecule has 312 valence electrons. The molecule has 4 aromatic rings. The van der Waals surface area contributed by atoms with Gasteiger partial charge in [-0.2, -0.15) is 0 Å². The van der Waals surface area contributed by atoms with Crippen molar-refractivity contribution < 1.29 is 0 Å². The molecule has 0 bridgehead atoms. The van der Waals surface area contributed by atoms with E-state index in [1.165, 1.54) is 38.9 Å². The van der Waals surface area contributed by atoms with Crippen LogP contribution in [0.4, 0.5) is 0 Å². The van der Waals surface area contributed by atoms with Crippen molar-refractivity contribution in [3.8, 4) is 11.1 Å². The summed E-state index contributed by atoms with van der Waals surface area (Å²) in [5.74, 6) is 0. The Morgan fingerprint density at radius 2 is 0.741 bits per heavy atom. The van der Waals surface area contributed by atoms with Crippen molar-refractivity contribution in [1.29, 1.82) is 0 Å². The Labute approximate surface area is 381 Å². The van der Waals surface area contributed by atoms with E-state index in [2.05, 4.69) is 234 Å². The Kier molecular flexibility index (Phi) is 13.9. The van der Waals surface area contributed by atoms with Gasteiger partial charge in [-0.05, 0) is 0 Å². The number of hydrogen-bond donors (Lipinski definition) is 0. The van der Waals surface area contributed by atoms with Crippen LogP contribution in [0.1, 0.15) is 60.0 Å². The molecule has 1 aliphatic carbocycles. The molecule has 0 fully saturated rings. The molecule has 2 radical (unpaired) electrons. The second kappa shape index (κ2) is 16.8. The first kappa shape index (κ1) is 48.3. The number of fused-ring (bicyclic) bond motifs is 3. The first-order chi connectivity index (χ1) is 26.3. The van der Waals surface area contributed by atoms with Crippen LogP contribution in [0.3, 0.4) is 0 Å². The average Bonchev–Trinajstić information content (AvgIpc) is 3.33. The van der Waals surface area contributed by atoms with Gasteiger partial charge >= 0.3 is 384 Å². The second-order valence-electron chi connectivity index (χ2n) is 24.5. The van der Waals surface area contributed by atoms with E-state index in [-0.39, 0.29) is 0 Å². The Morgan fingerprint density at radius 3 is 1.05 bits per heavy atom. The molecular weight excluding hydrogens is 969 g/mol. The van der Waals surface area contributed by atoms with Crippen molar-refractivity contribution >= 4 is 99.5 Å². The van der Waals surface area contributed by atoms with Crippen molar-refractivity contribution in [2.75, 3.05) is 0 Å². The van der Waals surface area contributed by atoms with E-state index in [4.69, 9.17) is 0 Å². The minimum absolute atomic E-state index is 0.664. The van der Waals surface area contributed by atoms with E-state index < -0.39 is 62.8 Å². The van der Waals surface area contributed by atoms with E-state index in [9.17, 15) is 0 Å². The molecule has 0 unspecified atom stereocenters. The molecule has 0 saturated heterocycles. The van der Waals surface area contributed by atoms with E-state index in [1.54, 1.807) is 18.0 Å². The van der Waals surface area contributed by atoms with Crippen LogP contribution in [0.25, 0.3) is 16.7 Å². The topological polar surface area (TPSA) is 0 Å². The monoisotopic (exact) mass is 1050 g/mol. The van der Waals surface area contributed by atoms with Crippen molar-refractivity contribution in [1.82, 2.24) is 0 Å². The van der Waals surface area contributed by atoms with Crippen LogP contribution in [0, 0.1) is 20.8 Å². The van der Waals surface area contributed by atoms with Crippen LogP contribution in [0.5, 0.6) is 0 Å². The van der Waals surface area contributed by atoms with Gasteiger partial charge in [0.1, 0.15) is 0 Å². The van der Waals surface area contributed by atoms with Gasteiger partial charge < -0.3 is 0 Å². The maximum atomic E-state index is 2.97. The quantitative estimate of drug-likeness (QED) is 0.109. The number of aryl methyl sites for hydroxylation is 3. The number of benzene rings is 4. The molecule has 0 saturated carbocycles. The molecule has 58 heavy (non-hydrogen) atoms. The summed E-state index contributed by atoms with van der Waals surface area (Å²) >= 11 is -0.0727. The normalized spacial score (nSPS) is 14.3. The third kappa shape index (κ3) is 9.73. The third-order valence-corrected chi connectivity index (χ3v) is 50.6. The van der Waals surface area contributed by atoms with E-state index in [1.807, 2.05) is 15.5 Å². The Bertz CT molecular complexity index is 2050. The van der Waals surface area contributed by atoms with Crippen LogP contribution >= 0.6 is 0 Å². The van der Waals surface area contributed by atoms with E-state index in [0.717, 1.165) is 0 Å². The maximum absolute atomic E-state index is 2.97. The molecule has 0 atom stereocenters. The molecule has 8 heteroatoms. The zero-order valence-corrected chi connectivity index (χ0v) is 51.0. The predicted octanol–water partition coefficient (Wildman–Crippen LogP) is 13.9. The summed E-state index contributed by atoms with van der Waals surface area (Å²) < 4.78 is 5.32. The molecule has 0 heterocycles. The van der Waals surface area contributed by atoms with Gasteiger partial charge in [-0.25, -0.2) is 0 Å². The number of rotatable bonds is 12. The zero-order valence-electron chi connectivity index (χ0n) is 40.6. The van der Waals surface area contributed by atoms with Gasteiger partial charge in [-0.1, -0.05) is 0 Å². The van der Waals surface area contributed by atoms with Gasteiger partial charge in [-0.15, -0.1) is 0 Å². The van der Waals surface area contributed by atoms with Crippen LogP contribution in [-0.2, 0) is 0 Å². The molecule has 4 aromatic carbocycles. The van der Waals surface area contributed by atoms with Crippen LogP contribution in [0.15, 0.2) is 75.2 Å². The molecule has 5 rings (SSSR count). The summed E-state index contributed by atoms with van der Waals surface area (Å²) in [4.78, 5) is 0. The third-order valence-electron chi connectivity index (χ3n) is 12.7. The van der Waals surface area contributed by atoms with Crippen molar-refractivity contribution in [3.05, 3.63) is 120 Å². The summed E-state index contributed by atoms with van der Waals surface area (Å²) in [6.07, 6.45) is 0. The first-order valence-corrected chi connectivity index (χ1v) is 47.8. The first-order valence-electron chi connectivity index (χ1n) is 22.0. The SMILES string of the molecule is Cc1cc(C)[c]([Ge]([C]([Te])=C2c3ccccc3-c3ccccc32)[c]2c(C([Si](C)(C)C)[Si](C)(C)C)cc(C([Si](C)(C)C)[Si](C)(C)C)cc2C([Si](C)(C)C)[Si](C)(C)C)c(C)c1. The standard InChI is InChI=1S/C50H78GeSi6Te/c1-34-30-35(2)45(36(3)31-34)51(47(58)44-40-28-24-22-26-38(40)39-27-23-25-29-41(39)44)46-42(49(54(10,11)12)55(13,14)15)32-37(48(52(4,5)6)53(7,8)9)33-43(46)50(56(16,17)18)57(19,20)21/h22-33,48-50H,1-21H3. The summed E-state index contributed by atoms with van der Waals surface area (Å²) in [6.45, 7) is 56.1. The molecular formula is C50H78GeSi6Te. The fourth-order valence-electron chi connectivity index (χ4n) is 12.7. The van der Waals surface area contributed by atoms with Gasteiger partial charge in [0, 0.05) is 0 Å². The Balaban J connectivity index is 2.20. The molecule has 1 aliphatic rings. The minimum atomic E-state index is -2.59. The zero-order chi connectivity index (χ0) is 43.9. The van der Waals surface area contributed by atoms with Crippen LogP contribution < -0.4 is 8.79 Å². The molecule has 0 aliphatic heterocycles. The van der Waals surface area contributed by atoms with Gasteiger partial charge in [-0.3, -0.25) is 0 Å². The van der Waals surface area contributed by atoms with Crippen molar-refractivity contribution in [2.45, 2.75) is 154 Å². The number of hydrogen-bond acceptors (Lipinski definition) is 0. The van der Waals surface area contributed by atoms with Gasteiger partial charge in [0.25, 0.3) is 0 Å². The average molecular weight is 1050 g/mol. The van der Waals surface area contributed by atoms with E-state index in [0.29, 0.717) is 15.5 Å². The summed E-state index contributed by atoms with van der Waals surface area (Å²) in [5.41, 5.74) is 17.1. The summed E-state index contributed by atoms with van der Waals surface area (Å²) in [5, 5.41) is 2.04. The fourth-order valence-corrected chi connectivity index (χ4v) is 62.4. The molecule has 0 nitrogen and oxygen atoms in total. The van der Waals surface area contributed by atoms with Gasteiger partial charge in [0.15, 0.2) is 0 Å². The van der Waals surface area contributed by atoms with E-state index >= 15 is 0 Å². The van der Waals surface area contributed by atoms with Crippen LogP contribution in [0.2, 0.25) is 118 Å². The second-order valence-corrected chi connectivity index (χ2v) is 66.3. The summed E-state index contributed by atoms with van der Waals surface area (Å²) in [7, 11) is -10.2. The molecule has 0 spiro atoms.